The number of para-hydroxylation sites is 1. The molecule has 0 unspecified atom stereocenters. The molecule has 1 amide bonds. The monoisotopic (exact) mass is 363 g/mol. The minimum atomic E-state index is -0.324. The van der Waals surface area contributed by atoms with E-state index >= 15 is 0 Å². The number of imidazole rings is 1. The van der Waals surface area contributed by atoms with Gasteiger partial charge in [-0.2, -0.15) is 5.10 Å². The van der Waals surface area contributed by atoms with Gasteiger partial charge >= 0.3 is 0 Å². The summed E-state index contributed by atoms with van der Waals surface area (Å²) in [6, 6.07) is 11.7. The third-order valence-corrected chi connectivity index (χ3v) is 4.38. The molecule has 7 heteroatoms. The van der Waals surface area contributed by atoms with E-state index in [1.165, 1.54) is 12.1 Å². The van der Waals surface area contributed by atoms with Crippen LogP contribution in [0.3, 0.4) is 0 Å². The first-order valence-corrected chi connectivity index (χ1v) is 8.69. The molecule has 4 aromatic rings. The molecule has 6 nitrogen and oxygen atoms in total. The maximum atomic E-state index is 13.5. The second-order valence-electron chi connectivity index (χ2n) is 6.22. The maximum absolute atomic E-state index is 13.5. The Labute approximate surface area is 155 Å². The van der Waals surface area contributed by atoms with Crippen LogP contribution in [0.4, 0.5) is 4.39 Å². The Kier molecular flexibility index (Phi) is 4.65. The number of aryl methyl sites for hydroxylation is 1. The first kappa shape index (κ1) is 17.0. The molecule has 0 atom stereocenters. The van der Waals surface area contributed by atoms with Crippen LogP contribution in [0.25, 0.3) is 22.2 Å². The Balaban J connectivity index is 1.51. The number of hydrogen-bond acceptors (Lipinski definition) is 3. The van der Waals surface area contributed by atoms with E-state index in [2.05, 4.69) is 20.5 Å². The van der Waals surface area contributed by atoms with Crippen LogP contribution < -0.4 is 5.32 Å². The highest BCUT2D eigenvalue weighted by atomic mass is 19.1. The number of H-pyrrole nitrogens is 1. The fourth-order valence-electron chi connectivity index (χ4n) is 3.06. The molecule has 0 fully saturated rings. The maximum Gasteiger partial charge on any atom is 0.253 e. The molecule has 0 aliphatic heterocycles. The van der Waals surface area contributed by atoms with Gasteiger partial charge in [0.15, 0.2) is 0 Å². The highest BCUT2D eigenvalue weighted by Crippen LogP contribution is 2.28. The average Bonchev–Trinajstić information content (AvgIpc) is 3.34. The summed E-state index contributed by atoms with van der Waals surface area (Å²) in [6.45, 7) is 1.34. The predicted molar refractivity (Wildman–Crippen MR) is 101 cm³/mol. The van der Waals surface area contributed by atoms with Crippen molar-refractivity contribution in [2.24, 2.45) is 0 Å². The minimum Gasteiger partial charge on any atom is -0.352 e. The van der Waals surface area contributed by atoms with E-state index in [-0.39, 0.29) is 11.7 Å². The molecule has 2 N–H and O–H groups in total. The summed E-state index contributed by atoms with van der Waals surface area (Å²) in [5, 5.41) is 10.9. The van der Waals surface area contributed by atoms with Crippen LogP contribution in [0.1, 0.15) is 16.8 Å². The van der Waals surface area contributed by atoms with E-state index in [1.807, 2.05) is 16.8 Å². The molecular weight excluding hydrogens is 345 g/mol. The molecule has 0 aliphatic rings. The van der Waals surface area contributed by atoms with Crippen molar-refractivity contribution in [1.29, 1.82) is 0 Å². The number of halogens is 1. The predicted octanol–water partition coefficient (Wildman–Crippen LogP) is 3.39. The standard InChI is InChI=1S/C20H18FN5O/c21-15-5-1-4-14(12-15)18-16-6-2-7-17(19(16)25-24-18)20(27)23-8-3-10-26-11-9-22-13-26/h1-2,4-7,9,11-13H,3,8,10H2,(H,23,27)(H,24,25). The van der Waals surface area contributed by atoms with Gasteiger partial charge in [0.1, 0.15) is 11.5 Å². The summed E-state index contributed by atoms with van der Waals surface area (Å²) in [4.78, 5) is 16.6. The summed E-state index contributed by atoms with van der Waals surface area (Å²) in [7, 11) is 0. The second-order valence-corrected chi connectivity index (χ2v) is 6.22. The van der Waals surface area contributed by atoms with Crippen LogP contribution in [-0.2, 0) is 6.54 Å². The van der Waals surface area contributed by atoms with E-state index in [0.29, 0.717) is 28.9 Å². The number of aromatic nitrogens is 4. The highest BCUT2D eigenvalue weighted by molar-refractivity contribution is 6.08. The zero-order valence-electron chi connectivity index (χ0n) is 14.5. The van der Waals surface area contributed by atoms with Gasteiger partial charge in [0.25, 0.3) is 5.91 Å². The number of benzene rings is 2. The Hall–Kier alpha value is -3.48. The Morgan fingerprint density at radius 1 is 1.22 bits per heavy atom. The third kappa shape index (κ3) is 3.57. The zero-order chi connectivity index (χ0) is 18.6. The fourth-order valence-corrected chi connectivity index (χ4v) is 3.06. The molecule has 2 heterocycles. The number of fused-ring (bicyclic) bond motifs is 1. The number of nitrogens with zero attached hydrogens (tertiary/aromatic N) is 3. The number of aromatic amines is 1. The van der Waals surface area contributed by atoms with Crippen molar-refractivity contribution in [1.82, 2.24) is 25.1 Å². The SMILES string of the molecule is O=C(NCCCn1ccnc1)c1cccc2c(-c3cccc(F)c3)n[nH]c12. The van der Waals surface area contributed by atoms with Crippen molar-refractivity contribution in [3.8, 4) is 11.3 Å². The number of amides is 1. The molecular formula is C20H18FN5O. The van der Waals surface area contributed by atoms with E-state index in [0.717, 1.165) is 18.4 Å². The largest absolute Gasteiger partial charge is 0.352 e. The van der Waals surface area contributed by atoms with E-state index in [4.69, 9.17) is 0 Å². The minimum absolute atomic E-state index is 0.166. The summed E-state index contributed by atoms with van der Waals surface area (Å²) >= 11 is 0. The van der Waals surface area contributed by atoms with Gasteiger partial charge in [-0.1, -0.05) is 24.3 Å². The van der Waals surface area contributed by atoms with Crippen molar-refractivity contribution >= 4 is 16.8 Å². The lowest BCUT2D eigenvalue weighted by Gasteiger charge is -2.07. The van der Waals surface area contributed by atoms with Crippen molar-refractivity contribution in [3.05, 3.63) is 72.6 Å². The smallest absolute Gasteiger partial charge is 0.253 e. The number of nitrogens with one attached hydrogen (secondary N) is 2. The van der Waals surface area contributed by atoms with Crippen LogP contribution in [0.2, 0.25) is 0 Å². The van der Waals surface area contributed by atoms with Gasteiger partial charge in [-0.25, -0.2) is 9.37 Å². The Morgan fingerprint density at radius 2 is 2.11 bits per heavy atom. The van der Waals surface area contributed by atoms with Crippen molar-refractivity contribution < 1.29 is 9.18 Å². The first-order valence-electron chi connectivity index (χ1n) is 8.69. The van der Waals surface area contributed by atoms with Gasteiger partial charge in [0.2, 0.25) is 0 Å². The quantitative estimate of drug-likeness (QED) is 0.516. The van der Waals surface area contributed by atoms with Crippen LogP contribution in [0.5, 0.6) is 0 Å². The second kappa shape index (κ2) is 7.41. The molecule has 2 aromatic heterocycles. The summed E-state index contributed by atoms with van der Waals surface area (Å²) in [6.07, 6.45) is 6.17. The fraction of sp³-hybridized carbons (Fsp3) is 0.150. The van der Waals surface area contributed by atoms with Crippen molar-refractivity contribution in [2.45, 2.75) is 13.0 Å². The van der Waals surface area contributed by atoms with Gasteiger partial charge in [0.05, 0.1) is 17.4 Å². The lowest BCUT2D eigenvalue weighted by molar-refractivity contribution is 0.0954. The molecule has 0 aliphatic carbocycles. The van der Waals surface area contributed by atoms with Gasteiger partial charge in [-0.3, -0.25) is 9.89 Å². The molecule has 4 rings (SSSR count). The molecule has 0 saturated heterocycles. The number of rotatable bonds is 6. The number of carbonyl (C=O) groups is 1. The van der Waals surface area contributed by atoms with Gasteiger partial charge in [0, 0.05) is 36.4 Å². The molecule has 0 saturated carbocycles. The van der Waals surface area contributed by atoms with Crippen LogP contribution in [-0.4, -0.2) is 32.2 Å². The van der Waals surface area contributed by atoms with Crippen molar-refractivity contribution in [2.75, 3.05) is 6.54 Å². The van der Waals surface area contributed by atoms with Crippen molar-refractivity contribution in [3.63, 3.8) is 0 Å². The Morgan fingerprint density at radius 3 is 2.93 bits per heavy atom. The molecule has 0 spiro atoms. The normalized spacial score (nSPS) is 11.0. The molecule has 136 valence electrons. The lowest BCUT2D eigenvalue weighted by atomic mass is 10.0. The molecule has 0 bridgehead atoms. The van der Waals surface area contributed by atoms with Gasteiger partial charge < -0.3 is 9.88 Å². The summed E-state index contributed by atoms with van der Waals surface area (Å²) < 4.78 is 15.5. The molecule has 27 heavy (non-hydrogen) atoms. The number of hydrogen-bond donors (Lipinski definition) is 2. The van der Waals surface area contributed by atoms with Crippen LogP contribution in [0, 0.1) is 5.82 Å². The van der Waals surface area contributed by atoms with Crippen LogP contribution >= 0.6 is 0 Å². The number of carbonyl (C=O) groups excluding carboxylic acids is 1. The average molecular weight is 363 g/mol. The van der Waals surface area contributed by atoms with Gasteiger partial charge in [-0.05, 0) is 24.6 Å². The van der Waals surface area contributed by atoms with Gasteiger partial charge in [-0.15, -0.1) is 0 Å². The highest BCUT2D eigenvalue weighted by Gasteiger charge is 2.15. The topological polar surface area (TPSA) is 75.6 Å². The summed E-state index contributed by atoms with van der Waals surface area (Å²) in [5.74, 6) is -0.490. The molecule has 2 aromatic carbocycles. The van der Waals surface area contributed by atoms with E-state index < -0.39 is 0 Å². The summed E-state index contributed by atoms with van der Waals surface area (Å²) in [5.41, 5.74) is 2.45. The van der Waals surface area contributed by atoms with E-state index in [9.17, 15) is 9.18 Å². The zero-order valence-corrected chi connectivity index (χ0v) is 14.5. The lowest BCUT2D eigenvalue weighted by Crippen LogP contribution is -2.25. The Bertz CT molecular complexity index is 1070. The third-order valence-electron chi connectivity index (χ3n) is 4.38. The molecule has 0 radical (unpaired) electrons. The first-order chi connectivity index (χ1) is 13.2. The van der Waals surface area contributed by atoms with E-state index in [1.54, 1.807) is 36.8 Å². The van der Waals surface area contributed by atoms with Crippen LogP contribution in [0.15, 0.2) is 61.2 Å².